The molecule has 39 heavy (non-hydrogen) atoms. The molecule has 0 heterocycles. The number of phenolic OH excluding ortho intramolecular Hbond substituents is 2. The van der Waals surface area contributed by atoms with Gasteiger partial charge in [-0.25, -0.2) is 0 Å². The van der Waals surface area contributed by atoms with Crippen LogP contribution in [-0.4, -0.2) is 41.5 Å². The van der Waals surface area contributed by atoms with E-state index in [1.54, 1.807) is 0 Å². The predicted octanol–water partition coefficient (Wildman–Crippen LogP) is 6.82. The van der Waals surface area contributed by atoms with Crippen LogP contribution in [0.3, 0.4) is 0 Å². The van der Waals surface area contributed by atoms with E-state index in [-0.39, 0.29) is 70.1 Å². The van der Waals surface area contributed by atoms with Crippen molar-refractivity contribution >= 4 is 67.8 Å². The zero-order valence-electron chi connectivity index (χ0n) is 22.0. The smallest absolute Gasteiger partial charge is 0.545 e. The average molecular weight is 649 g/mol. The molecule has 5 rings (SSSR count). The van der Waals surface area contributed by atoms with Crippen molar-refractivity contribution in [2.45, 2.75) is 51.6 Å². The van der Waals surface area contributed by atoms with Crippen LogP contribution in [0.1, 0.15) is 47.9 Å². The number of fused-ring (bicyclic) bond motifs is 2. The second-order valence-electron chi connectivity index (χ2n) is 9.30. The Balaban J connectivity index is 0.00000149. The summed E-state index contributed by atoms with van der Waals surface area (Å²) in [7, 11) is 0. The summed E-state index contributed by atoms with van der Waals surface area (Å²) in [6, 6.07) is 20.3. The average Bonchev–Trinajstić information content (AvgIpc) is 2.93. The summed E-state index contributed by atoms with van der Waals surface area (Å²) in [6.45, 7) is 7.14. The summed E-state index contributed by atoms with van der Waals surface area (Å²) < 4.78 is 0. The summed E-state index contributed by atoms with van der Waals surface area (Å²) in [4.78, 5) is 17.5. The van der Waals surface area contributed by atoms with E-state index in [1.165, 1.54) is 0 Å². The first-order valence-corrected chi connectivity index (χ1v) is 12.3. The molecule has 0 amide bonds. The van der Waals surface area contributed by atoms with Crippen molar-refractivity contribution in [1.29, 1.82) is 0 Å². The Labute approximate surface area is 257 Å². The van der Waals surface area contributed by atoms with E-state index in [2.05, 4.69) is 18.9 Å². The predicted molar refractivity (Wildman–Crippen MR) is 169 cm³/mol. The van der Waals surface area contributed by atoms with Crippen LogP contribution in [0, 0.1) is 13.8 Å². The number of aryl methyl sites for hydroxylation is 2. The SMILES string of the molecule is Cc1c(O)c(C=N[C@H]2CCCC[C@@H]2N=Cc2cc3ccccc3c(C)c2O)cc2ccccc12.S.S.[CH-]=O.[Ru+]. The zero-order valence-corrected chi connectivity index (χ0v) is 25.8. The van der Waals surface area contributed by atoms with Gasteiger partial charge in [0, 0.05) is 23.6 Å². The Hall–Kier alpha value is -2.67. The molecule has 0 unspecified atom stereocenters. The van der Waals surface area contributed by atoms with Crippen molar-refractivity contribution in [2.75, 3.05) is 0 Å². The van der Waals surface area contributed by atoms with Gasteiger partial charge in [0.1, 0.15) is 11.5 Å². The Morgan fingerprint density at radius 2 is 1.08 bits per heavy atom. The van der Waals surface area contributed by atoms with Gasteiger partial charge in [-0.3, -0.25) is 16.8 Å². The number of aromatic hydroxyl groups is 2. The van der Waals surface area contributed by atoms with E-state index in [4.69, 9.17) is 14.8 Å². The maximum Gasteiger partial charge on any atom is 1.00 e. The number of benzene rings is 4. The van der Waals surface area contributed by atoms with Crippen molar-refractivity contribution in [1.82, 2.24) is 0 Å². The molecule has 0 spiro atoms. The van der Waals surface area contributed by atoms with Gasteiger partial charge in [-0.2, -0.15) is 27.0 Å². The van der Waals surface area contributed by atoms with E-state index in [0.717, 1.165) is 69.5 Å². The van der Waals surface area contributed by atoms with Gasteiger partial charge in [0.2, 0.25) is 0 Å². The summed E-state index contributed by atoms with van der Waals surface area (Å²) >= 11 is 0. The van der Waals surface area contributed by atoms with Crippen LogP contribution < -0.4 is 0 Å². The Bertz CT molecular complexity index is 1350. The van der Waals surface area contributed by atoms with Gasteiger partial charge >= 0.3 is 19.5 Å². The van der Waals surface area contributed by atoms with Crippen LogP contribution in [0.15, 0.2) is 70.6 Å². The first-order chi connectivity index (χ1) is 17.5. The molecular weight excluding hydrogens is 614 g/mol. The second-order valence-corrected chi connectivity index (χ2v) is 9.30. The molecule has 0 aromatic heterocycles. The molecular formula is C31H35N2O3RuS2. The molecule has 1 radical (unpaired) electrons. The van der Waals surface area contributed by atoms with Gasteiger partial charge in [0.05, 0.1) is 12.1 Å². The van der Waals surface area contributed by atoms with E-state index < -0.39 is 0 Å². The van der Waals surface area contributed by atoms with Gasteiger partial charge in [-0.05, 0) is 71.5 Å². The molecule has 2 N–H and O–H groups in total. The summed E-state index contributed by atoms with van der Waals surface area (Å²) in [5.41, 5.74) is 3.24. The first kappa shape index (κ1) is 34.4. The summed E-state index contributed by atoms with van der Waals surface area (Å²) in [5, 5.41) is 25.8. The summed E-state index contributed by atoms with van der Waals surface area (Å²) in [6.07, 6.45) is 7.80. The largest absolute Gasteiger partial charge is 1.00 e. The molecule has 4 aromatic carbocycles. The van der Waals surface area contributed by atoms with E-state index in [9.17, 15) is 10.2 Å². The molecule has 1 saturated carbocycles. The zero-order chi connectivity index (χ0) is 25.7. The van der Waals surface area contributed by atoms with E-state index >= 15 is 0 Å². The van der Waals surface area contributed by atoms with Crippen LogP contribution >= 0.6 is 27.0 Å². The third-order valence-corrected chi connectivity index (χ3v) is 7.11. The maximum absolute atomic E-state index is 10.7. The number of hydrogen-bond donors (Lipinski definition) is 2. The molecule has 1 fully saturated rings. The molecule has 2 atom stereocenters. The minimum atomic E-state index is 0. The maximum atomic E-state index is 10.7. The number of phenols is 2. The normalized spacial score (nSPS) is 16.7. The molecule has 1 aliphatic rings. The monoisotopic (exact) mass is 649 g/mol. The van der Waals surface area contributed by atoms with Crippen molar-refractivity contribution in [2.24, 2.45) is 9.98 Å². The third kappa shape index (κ3) is 7.50. The molecule has 8 heteroatoms. The fraction of sp³-hybridized carbons (Fsp3) is 0.258. The van der Waals surface area contributed by atoms with Gasteiger partial charge in [0.15, 0.2) is 0 Å². The number of nitrogens with zero attached hydrogens (tertiary/aromatic N) is 2. The first-order valence-electron chi connectivity index (χ1n) is 12.3. The fourth-order valence-electron chi connectivity index (χ4n) is 5.08. The molecule has 0 saturated heterocycles. The Kier molecular flexibility index (Phi) is 13.9. The van der Waals surface area contributed by atoms with Crippen LogP contribution in [0.25, 0.3) is 21.5 Å². The van der Waals surface area contributed by atoms with Crippen LogP contribution in [-0.2, 0) is 24.3 Å². The molecule has 5 nitrogen and oxygen atoms in total. The van der Waals surface area contributed by atoms with E-state index in [0.29, 0.717) is 0 Å². The topological polar surface area (TPSA) is 82.2 Å². The number of hydrogen-bond acceptors (Lipinski definition) is 5. The fourth-order valence-corrected chi connectivity index (χ4v) is 5.08. The van der Waals surface area contributed by atoms with E-state index in [1.807, 2.05) is 74.8 Å². The Morgan fingerprint density at radius 3 is 1.46 bits per heavy atom. The quantitative estimate of drug-likeness (QED) is 0.110. The minimum absolute atomic E-state index is 0. The molecule has 1 aliphatic carbocycles. The van der Waals surface area contributed by atoms with Crippen LogP contribution in [0.5, 0.6) is 11.5 Å². The molecule has 0 bridgehead atoms. The van der Waals surface area contributed by atoms with Crippen molar-refractivity contribution in [3.05, 3.63) is 82.9 Å². The minimum Gasteiger partial charge on any atom is -0.545 e. The van der Waals surface area contributed by atoms with Gasteiger partial charge in [-0.1, -0.05) is 61.4 Å². The molecule has 0 aliphatic heterocycles. The standard InChI is InChI=1S/C30H30N2O2.CHO.Ru.2H2S/c1-19-25-11-5-3-9-21(25)15-23(29(19)33)17-31-27-13-7-8-14-28(27)32-18-24-16-22-10-4-6-12-26(22)20(2)30(24)34;1-2;;;/h3-6,9-12,15-18,27-28,33-34H,7-8,13-14H2,1-2H3;1H;;2*1H2/q;-1;+1;;/t27-,28-;;;;/m0..../s1. The van der Waals surface area contributed by atoms with Gasteiger partial charge in [0.25, 0.3) is 0 Å². The van der Waals surface area contributed by atoms with Crippen LogP contribution in [0.2, 0.25) is 0 Å². The van der Waals surface area contributed by atoms with Crippen molar-refractivity contribution < 1.29 is 34.5 Å². The number of carbonyl (C=O) groups excluding carboxylic acids is 1. The number of rotatable bonds is 4. The van der Waals surface area contributed by atoms with Crippen molar-refractivity contribution in [3.8, 4) is 11.5 Å². The third-order valence-electron chi connectivity index (χ3n) is 7.11. The number of aliphatic imine (C=N–C) groups is 2. The Morgan fingerprint density at radius 1 is 0.718 bits per heavy atom. The van der Waals surface area contributed by atoms with Gasteiger partial charge in [-0.15, -0.1) is 0 Å². The molecule has 4 aromatic rings. The van der Waals surface area contributed by atoms with Crippen molar-refractivity contribution in [3.63, 3.8) is 0 Å². The van der Waals surface area contributed by atoms with Crippen LogP contribution in [0.4, 0.5) is 0 Å². The summed E-state index contributed by atoms with van der Waals surface area (Å²) in [5.74, 6) is 0.574. The van der Waals surface area contributed by atoms with Gasteiger partial charge < -0.3 is 15.0 Å². The molecule has 207 valence electrons. The second kappa shape index (κ2) is 15.8.